The van der Waals surface area contributed by atoms with Crippen molar-refractivity contribution in [3.8, 4) is 16.9 Å². The van der Waals surface area contributed by atoms with E-state index in [-0.39, 0.29) is 6.61 Å². The molecule has 0 atom stereocenters. The lowest BCUT2D eigenvalue weighted by Gasteiger charge is -2.19. The minimum Gasteiger partial charge on any atom is -0.509 e. The number of allylic oxidation sites excluding steroid dienone is 1. The van der Waals surface area contributed by atoms with Crippen LogP contribution in [0.15, 0.2) is 72.0 Å². The van der Waals surface area contributed by atoms with Crippen LogP contribution in [0.4, 0.5) is 0 Å². The predicted octanol–water partition coefficient (Wildman–Crippen LogP) is 8.28. The molecular weight excluding hydrogens is 439 g/mol. The highest BCUT2D eigenvalue weighted by molar-refractivity contribution is 6.36. The molecule has 5 heteroatoms. The van der Waals surface area contributed by atoms with Gasteiger partial charge in [-0.1, -0.05) is 71.2 Å². The molecule has 1 N–H and O–H groups in total. The average molecular weight is 460 g/mol. The maximum Gasteiger partial charge on any atom is 0.145 e. The molecule has 4 rings (SSSR count). The Hall–Kier alpha value is -2.13. The fraction of sp³-hybridized carbons (Fsp3) is 0.200. The zero-order valence-electron chi connectivity index (χ0n) is 16.3. The van der Waals surface area contributed by atoms with Gasteiger partial charge >= 0.3 is 0 Å². The Morgan fingerprint density at radius 3 is 2.20 bits per heavy atom. The standard InChI is InChI=1S/C25H21Cl3O2/c26-20-9-7-17(8-10-20)19-6-1-3-16(11-19)12-22-23(27)13-21(14-24(22)28)30-15-25(29)18-4-2-5-18/h1,3,6-11,13-14,29H,2,4-5,12,15H2. The van der Waals surface area contributed by atoms with E-state index in [2.05, 4.69) is 18.2 Å². The van der Waals surface area contributed by atoms with Gasteiger partial charge in [0.2, 0.25) is 0 Å². The Morgan fingerprint density at radius 2 is 1.57 bits per heavy atom. The number of hydrogen-bond acceptors (Lipinski definition) is 2. The van der Waals surface area contributed by atoms with Crippen molar-refractivity contribution in [2.75, 3.05) is 6.61 Å². The van der Waals surface area contributed by atoms with Crippen molar-refractivity contribution in [3.05, 3.63) is 98.2 Å². The van der Waals surface area contributed by atoms with Crippen LogP contribution >= 0.6 is 34.8 Å². The second-order valence-corrected chi connectivity index (χ2v) is 8.69. The molecule has 0 radical (unpaired) electrons. The van der Waals surface area contributed by atoms with Gasteiger partial charge in [0.15, 0.2) is 0 Å². The molecule has 1 aliphatic carbocycles. The molecule has 2 nitrogen and oxygen atoms in total. The zero-order chi connectivity index (χ0) is 21.1. The lowest BCUT2D eigenvalue weighted by molar-refractivity contribution is 0.260. The summed E-state index contributed by atoms with van der Waals surface area (Å²) in [6, 6.07) is 19.6. The first-order valence-corrected chi connectivity index (χ1v) is 11.0. The van der Waals surface area contributed by atoms with E-state index in [1.807, 2.05) is 30.3 Å². The van der Waals surface area contributed by atoms with Crippen molar-refractivity contribution in [3.63, 3.8) is 0 Å². The first kappa shape index (κ1) is 21.1. The fourth-order valence-corrected chi connectivity index (χ4v) is 4.16. The number of ether oxygens (including phenoxy) is 1. The first-order chi connectivity index (χ1) is 14.5. The molecule has 154 valence electrons. The lowest BCUT2D eigenvalue weighted by Crippen LogP contribution is -2.09. The largest absolute Gasteiger partial charge is 0.509 e. The molecule has 1 fully saturated rings. The van der Waals surface area contributed by atoms with Crippen molar-refractivity contribution >= 4 is 34.8 Å². The molecule has 0 spiro atoms. The van der Waals surface area contributed by atoms with Crippen molar-refractivity contribution in [2.45, 2.75) is 25.7 Å². The Labute approximate surface area is 191 Å². The van der Waals surface area contributed by atoms with Crippen LogP contribution in [0.2, 0.25) is 15.1 Å². The molecule has 0 saturated heterocycles. The minimum absolute atomic E-state index is 0.143. The van der Waals surface area contributed by atoms with Crippen molar-refractivity contribution < 1.29 is 9.84 Å². The molecule has 0 aliphatic heterocycles. The highest BCUT2D eigenvalue weighted by Crippen LogP contribution is 2.34. The molecule has 1 saturated carbocycles. The molecule has 0 heterocycles. The summed E-state index contributed by atoms with van der Waals surface area (Å²) >= 11 is 19.0. The van der Waals surface area contributed by atoms with Gasteiger partial charge in [-0.15, -0.1) is 0 Å². The van der Waals surface area contributed by atoms with E-state index in [0.29, 0.717) is 33.0 Å². The summed E-state index contributed by atoms with van der Waals surface area (Å²) in [7, 11) is 0. The molecule has 3 aromatic carbocycles. The van der Waals surface area contributed by atoms with Crippen LogP contribution in [0.5, 0.6) is 5.75 Å². The monoisotopic (exact) mass is 458 g/mol. The predicted molar refractivity (Wildman–Crippen MR) is 125 cm³/mol. The Balaban J connectivity index is 1.50. The van der Waals surface area contributed by atoms with Crippen LogP contribution in [0, 0.1) is 0 Å². The van der Waals surface area contributed by atoms with Gasteiger partial charge < -0.3 is 9.84 Å². The molecule has 30 heavy (non-hydrogen) atoms. The third kappa shape index (κ3) is 4.95. The smallest absolute Gasteiger partial charge is 0.145 e. The normalized spacial score (nSPS) is 13.1. The van der Waals surface area contributed by atoms with E-state index in [0.717, 1.165) is 47.1 Å². The minimum atomic E-state index is 0.143. The van der Waals surface area contributed by atoms with Crippen LogP contribution in [-0.4, -0.2) is 11.7 Å². The average Bonchev–Trinajstić information content (AvgIpc) is 2.69. The quantitative estimate of drug-likeness (QED) is 0.376. The van der Waals surface area contributed by atoms with E-state index in [9.17, 15) is 5.11 Å². The summed E-state index contributed by atoms with van der Waals surface area (Å²) in [6.07, 6.45) is 3.63. The topological polar surface area (TPSA) is 29.5 Å². The summed E-state index contributed by atoms with van der Waals surface area (Å²) in [6.45, 7) is 0.143. The van der Waals surface area contributed by atoms with Crippen molar-refractivity contribution in [2.24, 2.45) is 0 Å². The summed E-state index contributed by atoms with van der Waals surface area (Å²) in [5, 5.41) is 11.8. The SMILES string of the molecule is OC(COc1cc(Cl)c(Cc2cccc(-c3ccc(Cl)cc3)c2)c(Cl)c1)=C1CCC1. The first-order valence-electron chi connectivity index (χ1n) is 9.85. The van der Waals surface area contributed by atoms with Gasteiger partial charge in [0, 0.05) is 21.5 Å². The summed E-state index contributed by atoms with van der Waals surface area (Å²) in [4.78, 5) is 0. The lowest BCUT2D eigenvalue weighted by atomic mass is 9.91. The highest BCUT2D eigenvalue weighted by Gasteiger charge is 2.15. The summed E-state index contributed by atoms with van der Waals surface area (Å²) in [5.41, 5.74) is 5.23. The maximum atomic E-state index is 10.0. The molecule has 1 aliphatic rings. The van der Waals surface area contributed by atoms with E-state index in [1.54, 1.807) is 12.1 Å². The number of aliphatic hydroxyl groups is 1. The summed E-state index contributed by atoms with van der Waals surface area (Å²) < 4.78 is 5.69. The van der Waals surface area contributed by atoms with Crippen molar-refractivity contribution in [1.82, 2.24) is 0 Å². The zero-order valence-corrected chi connectivity index (χ0v) is 18.6. The van der Waals surface area contributed by atoms with E-state index in [1.165, 1.54) is 0 Å². The van der Waals surface area contributed by atoms with E-state index in [4.69, 9.17) is 39.5 Å². The molecule has 0 bridgehead atoms. The highest BCUT2D eigenvalue weighted by atomic mass is 35.5. The van der Waals surface area contributed by atoms with Gasteiger partial charge in [-0.05, 0) is 71.4 Å². The third-order valence-corrected chi connectivity index (χ3v) is 6.27. The second-order valence-electron chi connectivity index (χ2n) is 7.44. The van der Waals surface area contributed by atoms with Gasteiger partial charge in [-0.3, -0.25) is 0 Å². The fourth-order valence-electron chi connectivity index (χ4n) is 3.44. The number of aliphatic hydroxyl groups excluding tert-OH is 1. The molecule has 0 amide bonds. The maximum absolute atomic E-state index is 10.0. The van der Waals surface area contributed by atoms with Crippen molar-refractivity contribution in [1.29, 1.82) is 0 Å². The Bertz CT molecular complexity index is 1060. The molecular formula is C25H21Cl3O2. The van der Waals surface area contributed by atoms with Gasteiger partial charge in [0.1, 0.15) is 18.1 Å². The van der Waals surface area contributed by atoms with Gasteiger partial charge in [-0.25, -0.2) is 0 Å². The van der Waals surface area contributed by atoms with Gasteiger partial charge in [0.25, 0.3) is 0 Å². The second kappa shape index (κ2) is 9.34. The van der Waals surface area contributed by atoms with Crippen LogP contribution in [0.1, 0.15) is 30.4 Å². The summed E-state index contributed by atoms with van der Waals surface area (Å²) in [5.74, 6) is 0.867. The van der Waals surface area contributed by atoms with Crippen LogP contribution in [0.25, 0.3) is 11.1 Å². The Kier molecular flexibility index (Phi) is 6.58. The van der Waals surface area contributed by atoms with Gasteiger partial charge in [0.05, 0.1) is 0 Å². The van der Waals surface area contributed by atoms with Gasteiger partial charge in [-0.2, -0.15) is 0 Å². The van der Waals surface area contributed by atoms with Crippen LogP contribution in [0.3, 0.4) is 0 Å². The van der Waals surface area contributed by atoms with Crippen LogP contribution < -0.4 is 4.74 Å². The number of rotatable bonds is 6. The van der Waals surface area contributed by atoms with Crippen LogP contribution in [-0.2, 0) is 6.42 Å². The number of benzene rings is 3. The van der Waals surface area contributed by atoms with E-state index >= 15 is 0 Å². The molecule has 0 unspecified atom stereocenters. The third-order valence-electron chi connectivity index (χ3n) is 5.34. The molecule has 0 aromatic heterocycles. The van der Waals surface area contributed by atoms with E-state index < -0.39 is 0 Å². The number of halogens is 3. The number of hydrogen-bond donors (Lipinski definition) is 1. The Morgan fingerprint density at radius 1 is 0.867 bits per heavy atom. The molecule has 3 aromatic rings.